The molecular weight excluding hydrogens is 176 g/mol. The number of ketones is 1. The Morgan fingerprint density at radius 3 is 2.75 bits per heavy atom. The number of Topliss-reactive ketones (excluding diaryl/α,β-unsaturated/α-hetero) is 1. The van der Waals surface area contributed by atoms with Crippen LogP contribution in [0.4, 0.5) is 0 Å². The van der Waals surface area contributed by atoms with Gasteiger partial charge in [0.1, 0.15) is 5.01 Å². The molecule has 4 nitrogen and oxygen atoms in total. The smallest absolute Gasteiger partial charge is 0.224 e. The minimum atomic E-state index is -0.431. The Labute approximate surface area is 73.4 Å². The van der Waals surface area contributed by atoms with Gasteiger partial charge in [0.25, 0.3) is 0 Å². The van der Waals surface area contributed by atoms with Gasteiger partial charge in [0.2, 0.25) is 5.91 Å². The van der Waals surface area contributed by atoms with E-state index in [0.717, 1.165) is 0 Å². The Morgan fingerprint density at radius 1 is 1.67 bits per heavy atom. The molecule has 1 amide bonds. The van der Waals surface area contributed by atoms with Crippen LogP contribution in [-0.4, -0.2) is 16.7 Å². The zero-order chi connectivity index (χ0) is 9.14. The van der Waals surface area contributed by atoms with Gasteiger partial charge in [-0.2, -0.15) is 0 Å². The molecule has 0 bridgehead atoms. The summed E-state index contributed by atoms with van der Waals surface area (Å²) in [6.07, 6.45) is 1.57. The van der Waals surface area contributed by atoms with Gasteiger partial charge in [0.15, 0.2) is 5.78 Å². The predicted molar refractivity (Wildman–Crippen MR) is 45.0 cm³/mol. The van der Waals surface area contributed by atoms with E-state index in [1.165, 1.54) is 24.5 Å². The number of aromatic nitrogens is 1. The topological polar surface area (TPSA) is 73.1 Å². The van der Waals surface area contributed by atoms with Crippen LogP contribution in [0.15, 0.2) is 6.20 Å². The van der Waals surface area contributed by atoms with Crippen molar-refractivity contribution in [3.8, 4) is 0 Å². The summed E-state index contributed by atoms with van der Waals surface area (Å²) in [6, 6.07) is 0. The maximum absolute atomic E-state index is 10.8. The lowest BCUT2D eigenvalue weighted by Crippen LogP contribution is -2.13. The highest BCUT2D eigenvalue weighted by Crippen LogP contribution is 2.13. The Kier molecular flexibility index (Phi) is 2.54. The zero-order valence-electron chi connectivity index (χ0n) is 6.53. The van der Waals surface area contributed by atoms with Gasteiger partial charge in [0, 0.05) is 13.1 Å². The predicted octanol–water partition coefficient (Wildman–Crippen LogP) is 0.374. The Bertz CT molecular complexity index is 319. The molecule has 0 unspecified atom stereocenters. The molecule has 12 heavy (non-hydrogen) atoms. The minimum Gasteiger partial charge on any atom is -0.369 e. The molecule has 1 rings (SSSR count). The van der Waals surface area contributed by atoms with Crippen molar-refractivity contribution in [2.75, 3.05) is 0 Å². The number of thiazole rings is 1. The van der Waals surface area contributed by atoms with Crippen LogP contribution in [0, 0.1) is 0 Å². The molecule has 0 atom stereocenters. The Hall–Kier alpha value is -1.23. The Balaban J connectivity index is 2.77. The molecule has 0 fully saturated rings. The monoisotopic (exact) mass is 184 g/mol. The first-order chi connectivity index (χ1) is 5.59. The molecule has 0 saturated carbocycles. The van der Waals surface area contributed by atoms with Gasteiger partial charge >= 0.3 is 0 Å². The first kappa shape index (κ1) is 8.86. The summed E-state index contributed by atoms with van der Waals surface area (Å²) in [4.78, 5) is 25.7. The van der Waals surface area contributed by atoms with E-state index in [1.807, 2.05) is 0 Å². The van der Waals surface area contributed by atoms with Crippen LogP contribution in [0.5, 0.6) is 0 Å². The van der Waals surface area contributed by atoms with Gasteiger partial charge in [-0.3, -0.25) is 9.59 Å². The number of carbonyl (C=O) groups is 2. The molecule has 0 aromatic carbocycles. The number of primary amides is 1. The summed E-state index contributed by atoms with van der Waals surface area (Å²) in [6.45, 7) is 1.46. The quantitative estimate of drug-likeness (QED) is 0.690. The fourth-order valence-corrected chi connectivity index (χ4v) is 1.53. The van der Waals surface area contributed by atoms with Crippen LogP contribution < -0.4 is 5.73 Å². The van der Waals surface area contributed by atoms with Crippen molar-refractivity contribution in [1.29, 1.82) is 0 Å². The van der Waals surface area contributed by atoms with Gasteiger partial charge < -0.3 is 5.73 Å². The number of hydrogen-bond acceptors (Lipinski definition) is 4. The molecule has 0 aliphatic rings. The molecule has 5 heteroatoms. The van der Waals surface area contributed by atoms with Crippen LogP contribution in [-0.2, 0) is 11.2 Å². The SMILES string of the molecule is CC(=O)c1cnc(CC(N)=O)s1. The average molecular weight is 184 g/mol. The Morgan fingerprint density at radius 2 is 2.33 bits per heavy atom. The summed E-state index contributed by atoms with van der Waals surface area (Å²) in [5.74, 6) is -0.470. The summed E-state index contributed by atoms with van der Waals surface area (Å²) in [5, 5.41) is 0.590. The van der Waals surface area contributed by atoms with E-state index in [0.29, 0.717) is 9.88 Å². The van der Waals surface area contributed by atoms with Crippen LogP contribution in [0.25, 0.3) is 0 Å². The fourth-order valence-electron chi connectivity index (χ4n) is 0.704. The second kappa shape index (κ2) is 3.44. The normalized spacial score (nSPS) is 9.75. The molecule has 1 aromatic heterocycles. The van der Waals surface area contributed by atoms with E-state index in [4.69, 9.17) is 5.73 Å². The van der Waals surface area contributed by atoms with E-state index in [9.17, 15) is 9.59 Å². The van der Waals surface area contributed by atoms with Gasteiger partial charge in [-0.15, -0.1) is 11.3 Å². The van der Waals surface area contributed by atoms with Crippen LogP contribution in [0.2, 0.25) is 0 Å². The summed E-state index contributed by atoms with van der Waals surface area (Å²) >= 11 is 1.21. The molecule has 1 aromatic rings. The number of hydrogen-bond donors (Lipinski definition) is 1. The molecule has 1 heterocycles. The lowest BCUT2D eigenvalue weighted by atomic mass is 10.4. The lowest BCUT2D eigenvalue weighted by molar-refractivity contribution is -0.117. The highest BCUT2D eigenvalue weighted by atomic mass is 32.1. The molecular formula is C7H8N2O2S. The first-order valence-electron chi connectivity index (χ1n) is 3.33. The zero-order valence-corrected chi connectivity index (χ0v) is 7.35. The molecule has 0 radical (unpaired) electrons. The van der Waals surface area contributed by atoms with E-state index in [2.05, 4.69) is 4.98 Å². The molecule has 0 aliphatic carbocycles. The number of rotatable bonds is 3. The lowest BCUT2D eigenvalue weighted by Gasteiger charge is -1.86. The number of nitrogens with two attached hydrogens (primary N) is 1. The first-order valence-corrected chi connectivity index (χ1v) is 4.15. The van der Waals surface area contributed by atoms with Crippen molar-refractivity contribution in [1.82, 2.24) is 4.98 Å². The van der Waals surface area contributed by atoms with Crippen molar-refractivity contribution in [2.24, 2.45) is 5.73 Å². The van der Waals surface area contributed by atoms with E-state index in [-0.39, 0.29) is 12.2 Å². The van der Waals surface area contributed by atoms with E-state index in [1.54, 1.807) is 0 Å². The fraction of sp³-hybridized carbons (Fsp3) is 0.286. The van der Waals surface area contributed by atoms with Crippen molar-refractivity contribution < 1.29 is 9.59 Å². The summed E-state index contributed by atoms with van der Waals surface area (Å²) < 4.78 is 0. The van der Waals surface area contributed by atoms with Crippen LogP contribution in [0.1, 0.15) is 21.6 Å². The summed E-state index contributed by atoms with van der Waals surface area (Å²) in [5.41, 5.74) is 4.95. The molecule has 0 spiro atoms. The van der Waals surface area contributed by atoms with Crippen LogP contribution >= 0.6 is 11.3 Å². The third-order valence-electron chi connectivity index (χ3n) is 1.23. The standard InChI is InChI=1S/C7H8N2O2S/c1-4(10)5-3-9-7(12-5)2-6(8)11/h3H,2H2,1H3,(H2,8,11). The summed E-state index contributed by atoms with van der Waals surface area (Å²) in [7, 11) is 0. The second-order valence-corrected chi connectivity index (χ2v) is 3.43. The van der Waals surface area contributed by atoms with Crippen LogP contribution in [0.3, 0.4) is 0 Å². The van der Waals surface area contributed by atoms with Gasteiger partial charge in [-0.1, -0.05) is 0 Å². The van der Waals surface area contributed by atoms with Crippen molar-refractivity contribution in [3.05, 3.63) is 16.1 Å². The number of nitrogens with zero attached hydrogens (tertiary/aromatic N) is 1. The highest BCUT2D eigenvalue weighted by Gasteiger charge is 2.07. The molecule has 0 aliphatic heterocycles. The molecule has 0 saturated heterocycles. The van der Waals surface area contributed by atoms with E-state index >= 15 is 0 Å². The largest absolute Gasteiger partial charge is 0.369 e. The van der Waals surface area contributed by atoms with Crippen molar-refractivity contribution in [3.63, 3.8) is 0 Å². The minimum absolute atomic E-state index is 0.0387. The number of carbonyl (C=O) groups excluding carboxylic acids is 2. The van der Waals surface area contributed by atoms with Gasteiger partial charge in [-0.05, 0) is 0 Å². The maximum Gasteiger partial charge on any atom is 0.224 e. The number of amides is 1. The average Bonchev–Trinajstić information content (AvgIpc) is 2.34. The highest BCUT2D eigenvalue weighted by molar-refractivity contribution is 7.13. The molecule has 64 valence electrons. The van der Waals surface area contributed by atoms with E-state index < -0.39 is 5.91 Å². The second-order valence-electron chi connectivity index (χ2n) is 2.32. The molecule has 2 N–H and O–H groups in total. The van der Waals surface area contributed by atoms with Gasteiger partial charge in [0.05, 0.1) is 11.3 Å². The maximum atomic E-state index is 10.8. The van der Waals surface area contributed by atoms with Crippen molar-refractivity contribution in [2.45, 2.75) is 13.3 Å². The third kappa shape index (κ3) is 2.13. The van der Waals surface area contributed by atoms with Gasteiger partial charge in [-0.25, -0.2) is 4.98 Å². The third-order valence-corrected chi connectivity index (χ3v) is 2.32. The van der Waals surface area contributed by atoms with Crippen molar-refractivity contribution >= 4 is 23.0 Å².